The minimum Gasteiger partial charge on any atom is -0.366 e. The van der Waals surface area contributed by atoms with E-state index in [2.05, 4.69) is 20.4 Å². The molecule has 13 heteroatoms. The molecule has 3 aromatic heterocycles. The first kappa shape index (κ1) is 21.1. The van der Waals surface area contributed by atoms with Gasteiger partial charge in [-0.3, -0.25) is 13.9 Å². The maximum absolute atomic E-state index is 13.5. The summed E-state index contributed by atoms with van der Waals surface area (Å²) in [7, 11) is 0. The summed E-state index contributed by atoms with van der Waals surface area (Å²) in [5.41, 5.74) is 4.83. The van der Waals surface area contributed by atoms with Gasteiger partial charge in [-0.1, -0.05) is 11.6 Å². The molecule has 3 N–H and O–H groups in total. The molecule has 4 aromatic rings. The predicted molar refractivity (Wildman–Crippen MR) is 108 cm³/mol. The second-order valence-corrected chi connectivity index (χ2v) is 6.95. The summed E-state index contributed by atoms with van der Waals surface area (Å²) in [4.78, 5) is 19.7. The number of alkyl halides is 3. The fourth-order valence-electron chi connectivity index (χ4n) is 3.11. The number of nitrogens with zero attached hydrogens (tertiary/aromatic N) is 6. The van der Waals surface area contributed by atoms with Gasteiger partial charge in [0.1, 0.15) is 6.54 Å². The van der Waals surface area contributed by atoms with E-state index in [4.69, 9.17) is 22.6 Å². The highest BCUT2D eigenvalue weighted by molar-refractivity contribution is 6.34. The summed E-state index contributed by atoms with van der Waals surface area (Å²) >= 11 is 6.06. The Morgan fingerprint density at radius 2 is 2.09 bits per heavy atom. The third kappa shape index (κ3) is 3.81. The molecular weight excluding hydrogens is 449 g/mol. The average molecular weight is 461 g/mol. The molecule has 0 spiro atoms. The number of carbonyl (C=O) groups excluding carboxylic acids is 1. The monoisotopic (exact) mass is 460 g/mol. The highest BCUT2D eigenvalue weighted by Crippen LogP contribution is 2.37. The summed E-state index contributed by atoms with van der Waals surface area (Å²) in [6.45, 7) is -0.337. The van der Waals surface area contributed by atoms with Crippen LogP contribution < -0.4 is 11.1 Å². The molecule has 9 nitrogen and oxygen atoms in total. The second-order valence-electron chi connectivity index (χ2n) is 6.54. The van der Waals surface area contributed by atoms with Gasteiger partial charge in [0.25, 0.3) is 0 Å². The second kappa shape index (κ2) is 7.86. The Morgan fingerprint density at radius 1 is 1.31 bits per heavy atom. The number of primary amides is 1. The van der Waals surface area contributed by atoms with Crippen molar-refractivity contribution in [2.75, 3.05) is 5.32 Å². The molecule has 1 aromatic carbocycles. The standard InChI is InChI=1S/C19H12ClF3N8O/c20-13-7-10(1-2-11(13)16(25)32)28-17-18-27-8-14(31(18)6-4-26-17)12-9-30(5-3-24)29-15(12)19(21,22)23/h1-2,4,6-9H,5H2,(H2,25,32)(H,26,28). The summed E-state index contributed by atoms with van der Waals surface area (Å²) < 4.78 is 42.9. The van der Waals surface area contributed by atoms with Crippen LogP contribution in [0.2, 0.25) is 5.02 Å². The predicted octanol–water partition coefficient (Wildman–Crippen LogP) is 3.63. The van der Waals surface area contributed by atoms with E-state index >= 15 is 0 Å². The van der Waals surface area contributed by atoms with Crippen molar-refractivity contribution in [3.63, 3.8) is 0 Å². The first-order valence-electron chi connectivity index (χ1n) is 8.89. The molecule has 0 saturated carbocycles. The smallest absolute Gasteiger partial charge is 0.366 e. The Hall–Kier alpha value is -4.11. The molecule has 0 saturated heterocycles. The van der Waals surface area contributed by atoms with Crippen molar-refractivity contribution in [2.24, 2.45) is 5.73 Å². The lowest BCUT2D eigenvalue weighted by molar-refractivity contribution is -0.141. The van der Waals surface area contributed by atoms with Crippen molar-refractivity contribution in [1.82, 2.24) is 24.1 Å². The molecule has 0 fully saturated rings. The minimum absolute atomic E-state index is 0.115. The largest absolute Gasteiger partial charge is 0.435 e. The van der Waals surface area contributed by atoms with Gasteiger partial charge >= 0.3 is 6.18 Å². The highest BCUT2D eigenvalue weighted by atomic mass is 35.5. The Balaban J connectivity index is 1.78. The van der Waals surface area contributed by atoms with Crippen LogP contribution in [0.25, 0.3) is 16.9 Å². The van der Waals surface area contributed by atoms with E-state index in [0.29, 0.717) is 5.69 Å². The lowest BCUT2D eigenvalue weighted by Gasteiger charge is -2.09. The summed E-state index contributed by atoms with van der Waals surface area (Å²) in [5, 5.41) is 15.4. The molecular formula is C19H12ClF3N8O. The maximum Gasteiger partial charge on any atom is 0.435 e. The van der Waals surface area contributed by atoms with Crippen LogP contribution in [0, 0.1) is 11.3 Å². The molecule has 4 rings (SSSR count). The van der Waals surface area contributed by atoms with Crippen LogP contribution in [-0.4, -0.2) is 30.1 Å². The van der Waals surface area contributed by atoms with E-state index in [0.717, 1.165) is 10.9 Å². The van der Waals surface area contributed by atoms with Gasteiger partial charge in [0.2, 0.25) is 5.91 Å². The van der Waals surface area contributed by atoms with Gasteiger partial charge in [0, 0.05) is 24.3 Å². The number of fused-ring (bicyclic) bond motifs is 1. The first-order valence-corrected chi connectivity index (χ1v) is 9.27. The third-order valence-electron chi connectivity index (χ3n) is 4.46. The normalized spacial score (nSPS) is 11.5. The molecule has 1 amide bonds. The molecule has 0 aliphatic rings. The van der Waals surface area contributed by atoms with Crippen molar-refractivity contribution < 1.29 is 18.0 Å². The summed E-state index contributed by atoms with van der Waals surface area (Å²) in [6.07, 6.45) is 0.508. The summed E-state index contributed by atoms with van der Waals surface area (Å²) in [5.74, 6) is -0.447. The fourth-order valence-corrected chi connectivity index (χ4v) is 3.38. The van der Waals surface area contributed by atoms with Crippen LogP contribution in [-0.2, 0) is 12.7 Å². The molecule has 162 valence electrons. The highest BCUT2D eigenvalue weighted by Gasteiger charge is 2.38. The van der Waals surface area contributed by atoms with E-state index in [1.54, 1.807) is 12.1 Å². The number of nitrogens with two attached hydrogens (primary N) is 1. The summed E-state index contributed by atoms with van der Waals surface area (Å²) in [6, 6.07) is 6.21. The molecule has 0 atom stereocenters. The van der Waals surface area contributed by atoms with Crippen LogP contribution in [0.3, 0.4) is 0 Å². The van der Waals surface area contributed by atoms with Crippen molar-refractivity contribution >= 4 is 34.7 Å². The zero-order valence-electron chi connectivity index (χ0n) is 15.9. The van der Waals surface area contributed by atoms with Gasteiger partial charge in [0.05, 0.1) is 34.1 Å². The van der Waals surface area contributed by atoms with Gasteiger partial charge in [-0.15, -0.1) is 0 Å². The SMILES string of the molecule is N#CCn1cc(-c2cnc3c(Nc4ccc(C(N)=O)c(Cl)c4)nccn23)c(C(F)(F)F)n1. The number of anilines is 2. The molecule has 3 heterocycles. The topological polar surface area (TPSA) is 127 Å². The Kier molecular flexibility index (Phi) is 5.19. The van der Waals surface area contributed by atoms with E-state index < -0.39 is 17.8 Å². The van der Waals surface area contributed by atoms with Gasteiger partial charge in [0.15, 0.2) is 17.2 Å². The van der Waals surface area contributed by atoms with Gasteiger partial charge in [-0.2, -0.15) is 23.5 Å². The Bertz CT molecular complexity index is 1390. The molecule has 0 radical (unpaired) electrons. The third-order valence-corrected chi connectivity index (χ3v) is 4.78. The van der Waals surface area contributed by atoms with E-state index in [9.17, 15) is 18.0 Å². The van der Waals surface area contributed by atoms with E-state index in [-0.39, 0.29) is 39.9 Å². The number of aromatic nitrogens is 5. The van der Waals surface area contributed by atoms with Gasteiger partial charge < -0.3 is 11.1 Å². The van der Waals surface area contributed by atoms with Gasteiger partial charge in [-0.25, -0.2) is 9.97 Å². The van der Waals surface area contributed by atoms with E-state index in [1.807, 2.05) is 0 Å². The fraction of sp³-hybridized carbons (Fsp3) is 0.105. The van der Waals surface area contributed by atoms with Crippen LogP contribution in [0.1, 0.15) is 16.1 Å². The van der Waals surface area contributed by atoms with Crippen molar-refractivity contribution in [3.8, 4) is 17.3 Å². The van der Waals surface area contributed by atoms with Crippen molar-refractivity contribution in [2.45, 2.75) is 12.7 Å². The van der Waals surface area contributed by atoms with Crippen LogP contribution in [0.5, 0.6) is 0 Å². The van der Waals surface area contributed by atoms with Crippen molar-refractivity contribution in [3.05, 3.63) is 59.3 Å². The number of imidazole rings is 1. The maximum atomic E-state index is 13.5. The number of hydrogen-bond acceptors (Lipinski definition) is 6. The first-order chi connectivity index (χ1) is 15.2. The molecule has 32 heavy (non-hydrogen) atoms. The zero-order valence-corrected chi connectivity index (χ0v) is 16.7. The van der Waals surface area contributed by atoms with Crippen LogP contribution in [0.15, 0.2) is 43.0 Å². The Morgan fingerprint density at radius 3 is 2.75 bits per heavy atom. The zero-order chi connectivity index (χ0) is 23.0. The number of carbonyl (C=O) groups is 1. The minimum atomic E-state index is -4.73. The van der Waals surface area contributed by atoms with Crippen LogP contribution in [0.4, 0.5) is 24.7 Å². The molecule has 0 aliphatic carbocycles. The number of amides is 1. The molecule has 0 unspecified atom stereocenters. The number of halogens is 4. The molecule has 0 bridgehead atoms. The van der Waals surface area contributed by atoms with Gasteiger partial charge in [-0.05, 0) is 18.2 Å². The lowest BCUT2D eigenvalue weighted by Crippen LogP contribution is -2.11. The number of benzene rings is 1. The number of nitrogens with one attached hydrogen (secondary N) is 1. The lowest BCUT2D eigenvalue weighted by atomic mass is 10.2. The Labute approximate surface area is 182 Å². The van der Waals surface area contributed by atoms with Crippen molar-refractivity contribution in [1.29, 1.82) is 5.26 Å². The number of hydrogen-bond donors (Lipinski definition) is 2. The number of rotatable bonds is 5. The number of nitriles is 1. The van der Waals surface area contributed by atoms with E-state index in [1.165, 1.54) is 35.1 Å². The van der Waals surface area contributed by atoms with Crippen LogP contribution >= 0.6 is 11.6 Å². The average Bonchev–Trinajstić information content (AvgIpc) is 3.32. The molecule has 0 aliphatic heterocycles. The quantitative estimate of drug-likeness (QED) is 0.468.